The van der Waals surface area contributed by atoms with E-state index in [4.69, 9.17) is 26.2 Å². The summed E-state index contributed by atoms with van der Waals surface area (Å²) in [4.78, 5) is 0. The van der Waals surface area contributed by atoms with E-state index in [1.807, 2.05) is 30.3 Å². The first-order valence-electron chi connectivity index (χ1n) is 9.20. The van der Waals surface area contributed by atoms with Gasteiger partial charge in [0.2, 0.25) is 0 Å². The van der Waals surface area contributed by atoms with Crippen LogP contribution in [0.15, 0.2) is 42.5 Å². The first kappa shape index (κ1) is 21.5. The van der Waals surface area contributed by atoms with Crippen LogP contribution in [0.3, 0.4) is 0 Å². The van der Waals surface area contributed by atoms with E-state index in [2.05, 4.69) is 32.9 Å². The zero-order chi connectivity index (χ0) is 19.9. The van der Waals surface area contributed by atoms with Crippen molar-refractivity contribution in [3.63, 3.8) is 0 Å². The third-order valence-electron chi connectivity index (χ3n) is 4.66. The molecule has 0 aliphatic rings. The fraction of sp³-hybridized carbons (Fsp3) is 0.455. The molecule has 2 N–H and O–H groups in total. The Morgan fingerprint density at radius 2 is 1.70 bits per heavy atom. The number of aliphatic hydroxyl groups is 2. The first-order chi connectivity index (χ1) is 12.9. The molecule has 1 atom stereocenters. The fourth-order valence-corrected chi connectivity index (χ4v) is 2.93. The van der Waals surface area contributed by atoms with Gasteiger partial charge in [-0.1, -0.05) is 38.1 Å². The Labute approximate surface area is 166 Å². The van der Waals surface area contributed by atoms with Gasteiger partial charge in [0.15, 0.2) is 0 Å². The summed E-state index contributed by atoms with van der Waals surface area (Å²) in [5, 5.41) is 18.2. The van der Waals surface area contributed by atoms with Gasteiger partial charge in [0.05, 0.1) is 13.2 Å². The average molecular weight is 393 g/mol. The zero-order valence-electron chi connectivity index (χ0n) is 16.2. The third kappa shape index (κ3) is 5.86. The Kier molecular flexibility index (Phi) is 7.96. The highest BCUT2D eigenvalue weighted by atomic mass is 35.5. The van der Waals surface area contributed by atoms with Crippen molar-refractivity contribution >= 4 is 11.6 Å². The fourth-order valence-electron chi connectivity index (χ4n) is 2.82. The molecule has 5 heteroatoms. The van der Waals surface area contributed by atoms with E-state index in [9.17, 15) is 5.11 Å². The van der Waals surface area contributed by atoms with Gasteiger partial charge in [-0.15, -0.1) is 11.6 Å². The van der Waals surface area contributed by atoms with Crippen molar-refractivity contribution in [2.24, 2.45) is 0 Å². The normalized spacial score (nSPS) is 12.7. The molecule has 0 aliphatic heterocycles. The minimum Gasteiger partial charge on any atom is -0.493 e. The summed E-state index contributed by atoms with van der Waals surface area (Å²) in [6, 6.07) is 14.1. The number of hydrogen-bond acceptors (Lipinski definition) is 4. The zero-order valence-corrected chi connectivity index (χ0v) is 17.0. The summed E-state index contributed by atoms with van der Waals surface area (Å²) in [6.45, 7) is 6.81. The molecule has 0 amide bonds. The molecule has 0 heterocycles. The molecule has 0 aromatic heterocycles. The lowest BCUT2D eigenvalue weighted by atomic mass is 9.77. The number of halogens is 1. The number of ether oxygens (including phenoxy) is 2. The predicted octanol–water partition coefficient (Wildman–Crippen LogP) is 4.06. The van der Waals surface area contributed by atoms with Gasteiger partial charge in [-0.2, -0.15) is 0 Å². The maximum absolute atomic E-state index is 9.38. The van der Waals surface area contributed by atoms with Crippen molar-refractivity contribution in [3.8, 4) is 11.5 Å². The van der Waals surface area contributed by atoms with Gasteiger partial charge < -0.3 is 19.7 Å². The van der Waals surface area contributed by atoms with Crippen molar-refractivity contribution in [1.82, 2.24) is 0 Å². The van der Waals surface area contributed by atoms with Crippen LogP contribution in [0.4, 0.5) is 0 Å². The third-order valence-corrected chi connectivity index (χ3v) is 4.93. The molecule has 0 aliphatic carbocycles. The van der Waals surface area contributed by atoms with E-state index in [0.29, 0.717) is 18.2 Å². The molecule has 2 aromatic rings. The molecule has 0 saturated carbocycles. The second-order valence-corrected chi connectivity index (χ2v) is 7.55. The molecular weight excluding hydrogens is 364 g/mol. The largest absolute Gasteiger partial charge is 0.493 e. The highest BCUT2D eigenvalue weighted by Crippen LogP contribution is 2.34. The molecule has 2 rings (SSSR count). The minimum atomic E-state index is -0.866. The van der Waals surface area contributed by atoms with Gasteiger partial charge >= 0.3 is 0 Å². The number of rotatable bonds is 10. The molecule has 27 heavy (non-hydrogen) atoms. The van der Waals surface area contributed by atoms with E-state index in [0.717, 1.165) is 23.3 Å². The van der Waals surface area contributed by atoms with Crippen LogP contribution in [0.1, 0.15) is 37.0 Å². The quantitative estimate of drug-likeness (QED) is 0.473. The Morgan fingerprint density at radius 3 is 2.30 bits per heavy atom. The van der Waals surface area contributed by atoms with Crippen LogP contribution in [0.2, 0.25) is 0 Å². The van der Waals surface area contributed by atoms with E-state index in [1.54, 1.807) is 0 Å². The van der Waals surface area contributed by atoms with Gasteiger partial charge in [0.1, 0.15) is 24.2 Å². The van der Waals surface area contributed by atoms with E-state index < -0.39 is 6.10 Å². The molecule has 0 bridgehead atoms. The standard InChI is InChI=1S/C22H29ClO4/c1-16-13-18(7-10-21(16)26-12-4-11-23)22(2,3)17-5-8-20(9-6-17)27-15-19(25)14-24/h5-10,13,19,24-25H,4,11-12,14-15H2,1-3H3/t19-/m1/s1. The lowest BCUT2D eigenvalue weighted by Crippen LogP contribution is -2.21. The van der Waals surface area contributed by atoms with Crippen LogP contribution in [0.25, 0.3) is 0 Å². The van der Waals surface area contributed by atoms with Gasteiger partial charge in [-0.3, -0.25) is 0 Å². The van der Waals surface area contributed by atoms with Crippen LogP contribution in [0, 0.1) is 6.92 Å². The SMILES string of the molecule is Cc1cc(C(C)(C)c2ccc(OC[C@H](O)CO)cc2)ccc1OCCCCl. The maximum atomic E-state index is 9.38. The number of benzene rings is 2. The summed E-state index contributed by atoms with van der Waals surface area (Å²) in [5.41, 5.74) is 3.29. The van der Waals surface area contributed by atoms with Crippen molar-refractivity contribution in [3.05, 3.63) is 59.2 Å². The second-order valence-electron chi connectivity index (χ2n) is 7.17. The molecule has 0 saturated heterocycles. The molecule has 0 spiro atoms. The molecular formula is C22H29ClO4. The van der Waals surface area contributed by atoms with Crippen LogP contribution in [0.5, 0.6) is 11.5 Å². The highest BCUT2D eigenvalue weighted by molar-refractivity contribution is 6.17. The van der Waals surface area contributed by atoms with Crippen molar-refractivity contribution in [2.45, 2.75) is 38.7 Å². The summed E-state index contributed by atoms with van der Waals surface area (Å²) < 4.78 is 11.3. The Morgan fingerprint density at radius 1 is 1.04 bits per heavy atom. The monoisotopic (exact) mass is 392 g/mol. The highest BCUT2D eigenvalue weighted by Gasteiger charge is 2.24. The van der Waals surface area contributed by atoms with E-state index in [-0.39, 0.29) is 18.6 Å². The van der Waals surface area contributed by atoms with E-state index >= 15 is 0 Å². The Bertz CT molecular complexity index is 713. The van der Waals surface area contributed by atoms with Crippen LogP contribution >= 0.6 is 11.6 Å². The van der Waals surface area contributed by atoms with Crippen LogP contribution < -0.4 is 9.47 Å². The molecule has 148 valence electrons. The molecule has 2 aromatic carbocycles. The van der Waals surface area contributed by atoms with Crippen LogP contribution in [-0.2, 0) is 5.41 Å². The first-order valence-corrected chi connectivity index (χ1v) is 9.74. The summed E-state index contributed by atoms with van der Waals surface area (Å²) in [6.07, 6.45) is -0.0351. The van der Waals surface area contributed by atoms with Crippen LogP contribution in [-0.4, -0.2) is 42.0 Å². The number of aryl methyl sites for hydroxylation is 1. The lowest BCUT2D eigenvalue weighted by molar-refractivity contribution is 0.0536. The van der Waals surface area contributed by atoms with Gasteiger partial charge in [0, 0.05) is 11.3 Å². The summed E-state index contributed by atoms with van der Waals surface area (Å²) in [7, 11) is 0. The van der Waals surface area contributed by atoms with Crippen molar-refractivity contribution in [1.29, 1.82) is 0 Å². The number of hydrogen-bond donors (Lipinski definition) is 2. The predicted molar refractivity (Wildman–Crippen MR) is 109 cm³/mol. The summed E-state index contributed by atoms with van der Waals surface area (Å²) in [5.74, 6) is 2.16. The smallest absolute Gasteiger partial charge is 0.122 e. The van der Waals surface area contributed by atoms with Gasteiger partial charge in [-0.25, -0.2) is 0 Å². The number of alkyl halides is 1. The van der Waals surface area contributed by atoms with Crippen molar-refractivity contribution < 1.29 is 19.7 Å². The lowest BCUT2D eigenvalue weighted by Gasteiger charge is -2.27. The molecule has 0 unspecified atom stereocenters. The van der Waals surface area contributed by atoms with E-state index in [1.165, 1.54) is 5.56 Å². The minimum absolute atomic E-state index is 0.0730. The molecule has 4 nitrogen and oxygen atoms in total. The Balaban J connectivity index is 2.11. The topological polar surface area (TPSA) is 58.9 Å². The number of aliphatic hydroxyl groups excluding tert-OH is 2. The Hall–Kier alpha value is -1.75. The van der Waals surface area contributed by atoms with Gasteiger partial charge in [0.25, 0.3) is 0 Å². The second kappa shape index (κ2) is 9.98. The summed E-state index contributed by atoms with van der Waals surface area (Å²) >= 11 is 5.70. The average Bonchev–Trinajstić information content (AvgIpc) is 2.67. The van der Waals surface area contributed by atoms with Crippen molar-refractivity contribution in [2.75, 3.05) is 25.7 Å². The molecule has 0 radical (unpaired) electrons. The van der Waals surface area contributed by atoms with Gasteiger partial charge in [-0.05, 0) is 48.2 Å². The molecule has 0 fully saturated rings. The maximum Gasteiger partial charge on any atom is 0.122 e.